The number of amides is 1. The van der Waals surface area contributed by atoms with Crippen molar-refractivity contribution in [1.29, 1.82) is 0 Å². The molecule has 0 unspecified atom stereocenters. The van der Waals surface area contributed by atoms with E-state index in [9.17, 15) is 9.59 Å². The van der Waals surface area contributed by atoms with Gasteiger partial charge in [0, 0.05) is 31.7 Å². The van der Waals surface area contributed by atoms with Crippen molar-refractivity contribution in [2.45, 2.75) is 0 Å². The fourth-order valence-electron chi connectivity index (χ4n) is 2.74. The molecular formula is C12H14N4O3. The third kappa shape index (κ3) is 1.91. The fraction of sp³-hybridized carbons (Fsp3) is 0.500. The molecular weight excluding hydrogens is 248 g/mol. The van der Waals surface area contributed by atoms with Crippen molar-refractivity contribution in [2.24, 2.45) is 11.8 Å². The Kier molecular flexibility index (Phi) is 2.81. The molecule has 0 spiro atoms. The monoisotopic (exact) mass is 262 g/mol. The minimum Gasteiger partial charge on any atom is -0.465 e. The normalized spacial score (nSPS) is 25.1. The molecule has 7 nitrogen and oxygen atoms in total. The minimum atomic E-state index is -0.461. The van der Waals surface area contributed by atoms with E-state index in [0.29, 0.717) is 31.0 Å². The molecule has 19 heavy (non-hydrogen) atoms. The second kappa shape index (κ2) is 4.49. The first-order valence-electron chi connectivity index (χ1n) is 6.11. The van der Waals surface area contributed by atoms with Gasteiger partial charge in [-0.25, -0.2) is 14.8 Å². The molecule has 0 bridgehead atoms. The van der Waals surface area contributed by atoms with Gasteiger partial charge in [-0.1, -0.05) is 0 Å². The van der Waals surface area contributed by atoms with E-state index in [1.54, 1.807) is 0 Å². The molecule has 2 fully saturated rings. The highest BCUT2D eigenvalue weighted by molar-refractivity contribution is 5.94. The summed E-state index contributed by atoms with van der Waals surface area (Å²) in [4.78, 5) is 33.3. The summed E-state index contributed by atoms with van der Waals surface area (Å²) in [6, 6.07) is 0. The first-order chi connectivity index (χ1) is 9.20. The van der Waals surface area contributed by atoms with E-state index in [4.69, 9.17) is 4.74 Å². The number of carbonyl (C=O) groups is 2. The van der Waals surface area contributed by atoms with E-state index in [2.05, 4.69) is 15.3 Å². The number of carbonyl (C=O) groups excluding carboxylic acids is 2. The van der Waals surface area contributed by atoms with Crippen LogP contribution in [0.2, 0.25) is 0 Å². The van der Waals surface area contributed by atoms with Crippen LogP contribution < -0.4 is 10.2 Å². The average molecular weight is 262 g/mol. The Hall–Kier alpha value is -2.18. The molecule has 100 valence electrons. The highest BCUT2D eigenvalue weighted by Gasteiger charge is 2.43. The topological polar surface area (TPSA) is 84.4 Å². The molecule has 0 aliphatic carbocycles. The third-order valence-electron chi connectivity index (χ3n) is 3.71. The molecule has 1 N–H and O–H groups in total. The van der Waals surface area contributed by atoms with Crippen LogP contribution in [0.4, 0.5) is 5.82 Å². The standard InChI is InChI=1S/C12H14N4O3/c1-19-12(18)8-3-13-6-15-10(8)16-4-7-2-14-11(17)9(7)5-16/h3,6-7,9H,2,4-5H2,1H3,(H,14,17)/t7-,9+/m0/s1. The van der Waals surface area contributed by atoms with Gasteiger partial charge in [0.15, 0.2) is 0 Å². The Morgan fingerprint density at radius 1 is 1.53 bits per heavy atom. The second-order valence-electron chi connectivity index (χ2n) is 4.77. The van der Waals surface area contributed by atoms with Gasteiger partial charge >= 0.3 is 5.97 Å². The summed E-state index contributed by atoms with van der Waals surface area (Å²) in [5, 5.41) is 2.85. The van der Waals surface area contributed by atoms with E-state index in [1.165, 1.54) is 19.6 Å². The van der Waals surface area contributed by atoms with Gasteiger partial charge < -0.3 is 15.0 Å². The van der Waals surface area contributed by atoms with E-state index >= 15 is 0 Å². The van der Waals surface area contributed by atoms with Crippen molar-refractivity contribution in [3.05, 3.63) is 18.1 Å². The first kappa shape index (κ1) is 11.9. The van der Waals surface area contributed by atoms with Crippen molar-refractivity contribution in [3.8, 4) is 0 Å². The summed E-state index contributed by atoms with van der Waals surface area (Å²) in [6.07, 6.45) is 2.85. The molecule has 1 aromatic heterocycles. The lowest BCUT2D eigenvalue weighted by Gasteiger charge is -2.20. The second-order valence-corrected chi connectivity index (χ2v) is 4.77. The van der Waals surface area contributed by atoms with E-state index in [1.807, 2.05) is 4.90 Å². The Balaban J connectivity index is 1.88. The van der Waals surface area contributed by atoms with Crippen LogP contribution in [0.1, 0.15) is 10.4 Å². The van der Waals surface area contributed by atoms with Gasteiger partial charge in [-0.3, -0.25) is 4.79 Å². The number of anilines is 1. The van der Waals surface area contributed by atoms with E-state index in [-0.39, 0.29) is 17.7 Å². The zero-order valence-corrected chi connectivity index (χ0v) is 10.5. The van der Waals surface area contributed by atoms with Gasteiger partial charge in [-0.2, -0.15) is 0 Å². The largest absolute Gasteiger partial charge is 0.465 e. The molecule has 1 amide bonds. The number of nitrogens with one attached hydrogen (secondary N) is 1. The molecule has 2 aliphatic heterocycles. The lowest BCUT2D eigenvalue weighted by atomic mass is 10.0. The van der Waals surface area contributed by atoms with Gasteiger partial charge in [0.1, 0.15) is 17.7 Å². The highest BCUT2D eigenvalue weighted by Crippen LogP contribution is 2.31. The number of aromatic nitrogens is 2. The number of ether oxygens (including phenoxy) is 1. The predicted molar refractivity (Wildman–Crippen MR) is 65.6 cm³/mol. The Bertz CT molecular complexity index is 533. The van der Waals surface area contributed by atoms with Gasteiger partial charge in [-0.05, 0) is 0 Å². The summed E-state index contributed by atoms with van der Waals surface area (Å²) in [6.45, 7) is 1.99. The SMILES string of the molecule is COC(=O)c1cncnc1N1C[C@@H]2CNC(=O)[C@@H]2C1. The van der Waals surface area contributed by atoms with Crippen molar-refractivity contribution in [3.63, 3.8) is 0 Å². The summed E-state index contributed by atoms with van der Waals surface area (Å²) in [5.74, 6) is 0.441. The summed E-state index contributed by atoms with van der Waals surface area (Å²) in [5.41, 5.74) is 0.338. The number of fused-ring (bicyclic) bond motifs is 1. The lowest BCUT2D eigenvalue weighted by Crippen LogP contribution is -2.30. The maximum absolute atomic E-state index is 11.7. The third-order valence-corrected chi connectivity index (χ3v) is 3.71. The number of hydrogen-bond acceptors (Lipinski definition) is 6. The lowest BCUT2D eigenvalue weighted by molar-refractivity contribution is -0.122. The van der Waals surface area contributed by atoms with Crippen LogP contribution in [0.15, 0.2) is 12.5 Å². The number of rotatable bonds is 2. The minimum absolute atomic E-state index is 0.0135. The zero-order chi connectivity index (χ0) is 13.4. The number of methoxy groups -OCH3 is 1. The van der Waals surface area contributed by atoms with Crippen LogP contribution in [0.5, 0.6) is 0 Å². The molecule has 7 heteroatoms. The zero-order valence-electron chi connectivity index (χ0n) is 10.5. The maximum Gasteiger partial charge on any atom is 0.343 e. The molecule has 0 aromatic carbocycles. The molecule has 1 aromatic rings. The van der Waals surface area contributed by atoms with E-state index in [0.717, 1.165) is 0 Å². The molecule has 3 rings (SSSR count). The van der Waals surface area contributed by atoms with Crippen LogP contribution in [0.25, 0.3) is 0 Å². The first-order valence-corrected chi connectivity index (χ1v) is 6.11. The molecule has 0 radical (unpaired) electrons. The molecule has 0 saturated carbocycles. The Morgan fingerprint density at radius 3 is 3.11 bits per heavy atom. The molecule has 2 saturated heterocycles. The quantitative estimate of drug-likeness (QED) is 0.720. The van der Waals surface area contributed by atoms with E-state index < -0.39 is 5.97 Å². The average Bonchev–Trinajstić information content (AvgIpc) is 3.00. The van der Waals surface area contributed by atoms with Crippen LogP contribution in [-0.2, 0) is 9.53 Å². The van der Waals surface area contributed by atoms with Crippen LogP contribution in [-0.4, -0.2) is 48.6 Å². The smallest absolute Gasteiger partial charge is 0.343 e. The summed E-state index contributed by atoms with van der Waals surface area (Å²) < 4.78 is 4.73. The molecule has 2 atom stereocenters. The number of hydrogen-bond donors (Lipinski definition) is 1. The number of nitrogens with zero attached hydrogens (tertiary/aromatic N) is 3. The van der Waals surface area contributed by atoms with Crippen molar-refractivity contribution in [2.75, 3.05) is 31.6 Å². The van der Waals surface area contributed by atoms with Gasteiger partial charge in [0.05, 0.1) is 13.0 Å². The Labute approximate surface area is 110 Å². The van der Waals surface area contributed by atoms with Crippen LogP contribution in [0.3, 0.4) is 0 Å². The predicted octanol–water partition coefficient (Wildman–Crippen LogP) is -0.555. The van der Waals surface area contributed by atoms with Crippen molar-refractivity contribution >= 4 is 17.7 Å². The maximum atomic E-state index is 11.7. The molecule has 3 heterocycles. The summed E-state index contributed by atoms with van der Waals surface area (Å²) in [7, 11) is 1.32. The van der Waals surface area contributed by atoms with Gasteiger partial charge in [0.2, 0.25) is 5.91 Å². The highest BCUT2D eigenvalue weighted by atomic mass is 16.5. The number of esters is 1. The van der Waals surface area contributed by atoms with Crippen molar-refractivity contribution < 1.29 is 14.3 Å². The van der Waals surface area contributed by atoms with Crippen molar-refractivity contribution in [1.82, 2.24) is 15.3 Å². The van der Waals surface area contributed by atoms with Crippen LogP contribution in [0, 0.1) is 11.8 Å². The Morgan fingerprint density at radius 2 is 2.37 bits per heavy atom. The fourth-order valence-corrected chi connectivity index (χ4v) is 2.74. The van der Waals surface area contributed by atoms with Gasteiger partial charge in [-0.15, -0.1) is 0 Å². The summed E-state index contributed by atoms with van der Waals surface area (Å²) >= 11 is 0. The van der Waals surface area contributed by atoms with Crippen LogP contribution >= 0.6 is 0 Å². The molecule has 2 aliphatic rings. The van der Waals surface area contributed by atoms with Gasteiger partial charge in [0.25, 0.3) is 0 Å².